The van der Waals surface area contributed by atoms with Crippen molar-refractivity contribution in [2.75, 3.05) is 44.2 Å². The number of nitrogens with zero attached hydrogens (tertiary/aromatic N) is 3. The van der Waals surface area contributed by atoms with Crippen molar-refractivity contribution in [2.24, 2.45) is 11.8 Å². The minimum Gasteiger partial charge on any atom is -0.369 e. The monoisotopic (exact) mass is 495 g/mol. The first kappa shape index (κ1) is 22.7. The number of halogens is 1. The molecule has 2 heterocycles. The Labute approximate surface area is 216 Å². The number of imide groups is 1. The molecule has 5 nitrogen and oxygen atoms in total. The van der Waals surface area contributed by atoms with E-state index >= 15 is 0 Å². The van der Waals surface area contributed by atoms with Crippen LogP contribution in [-0.2, 0) is 9.59 Å². The summed E-state index contributed by atoms with van der Waals surface area (Å²) in [6.07, 6.45) is 0.780. The molecular weight excluding hydrogens is 465 g/mol. The fourth-order valence-corrected chi connectivity index (χ4v) is 7.29. The molecular formula is C31H30FN3O2. The number of hydrogen-bond donors (Lipinski definition) is 0. The van der Waals surface area contributed by atoms with Gasteiger partial charge in [-0.15, -0.1) is 0 Å². The molecule has 2 amide bonds. The third-order valence-corrected chi connectivity index (χ3v) is 8.96. The molecule has 3 aromatic rings. The highest BCUT2D eigenvalue weighted by atomic mass is 19.1. The molecule has 3 aliphatic carbocycles. The second kappa shape index (κ2) is 8.80. The number of carbonyl (C=O) groups excluding carboxylic acids is 2. The molecule has 0 N–H and O–H groups in total. The summed E-state index contributed by atoms with van der Waals surface area (Å²) in [7, 11) is 0. The maximum atomic E-state index is 13.7. The average molecular weight is 496 g/mol. The van der Waals surface area contributed by atoms with Gasteiger partial charge in [-0.05, 0) is 59.5 Å². The summed E-state index contributed by atoms with van der Waals surface area (Å²) in [5.74, 6) is -0.853. The van der Waals surface area contributed by atoms with Crippen molar-refractivity contribution in [1.82, 2.24) is 9.80 Å². The van der Waals surface area contributed by atoms with Gasteiger partial charge in [-0.25, -0.2) is 4.39 Å². The Morgan fingerprint density at radius 1 is 0.649 bits per heavy atom. The van der Waals surface area contributed by atoms with E-state index in [0.29, 0.717) is 6.54 Å². The smallest absolute Gasteiger partial charge is 0.234 e. The Balaban J connectivity index is 1.03. The highest BCUT2D eigenvalue weighted by molar-refractivity contribution is 6.07. The summed E-state index contributed by atoms with van der Waals surface area (Å²) >= 11 is 0. The molecule has 0 spiro atoms. The number of carbonyl (C=O) groups is 2. The van der Waals surface area contributed by atoms with Crippen LogP contribution in [0.25, 0.3) is 0 Å². The van der Waals surface area contributed by atoms with Gasteiger partial charge >= 0.3 is 0 Å². The van der Waals surface area contributed by atoms with Crippen LogP contribution in [0.2, 0.25) is 0 Å². The average Bonchev–Trinajstić information content (AvgIpc) is 3.19. The number of hydrogen-bond acceptors (Lipinski definition) is 4. The summed E-state index contributed by atoms with van der Waals surface area (Å²) < 4.78 is 13.2. The van der Waals surface area contributed by atoms with Crippen LogP contribution in [0, 0.1) is 17.7 Å². The maximum absolute atomic E-state index is 13.7. The molecule has 2 fully saturated rings. The van der Waals surface area contributed by atoms with Crippen molar-refractivity contribution in [3.05, 3.63) is 101 Å². The van der Waals surface area contributed by atoms with Crippen molar-refractivity contribution < 1.29 is 14.0 Å². The molecule has 8 rings (SSSR count). The predicted molar refractivity (Wildman–Crippen MR) is 140 cm³/mol. The lowest BCUT2D eigenvalue weighted by molar-refractivity contribution is -0.140. The summed E-state index contributed by atoms with van der Waals surface area (Å²) in [5.41, 5.74) is 5.92. The van der Waals surface area contributed by atoms with Gasteiger partial charge in [-0.3, -0.25) is 19.4 Å². The van der Waals surface area contributed by atoms with Crippen LogP contribution in [0.3, 0.4) is 0 Å². The second-order valence-electron chi connectivity index (χ2n) is 10.8. The number of piperazine rings is 1. The first-order chi connectivity index (χ1) is 18.1. The minimum atomic E-state index is -0.290. The van der Waals surface area contributed by atoms with E-state index in [9.17, 15) is 14.0 Å². The molecule has 0 radical (unpaired) electrons. The normalized spacial score (nSPS) is 26.3. The minimum absolute atomic E-state index is 0.00938. The zero-order chi connectivity index (χ0) is 25.1. The molecule has 0 saturated carbocycles. The fourth-order valence-electron chi connectivity index (χ4n) is 7.29. The summed E-state index contributed by atoms with van der Waals surface area (Å²) in [5, 5.41) is 0. The van der Waals surface area contributed by atoms with Crippen LogP contribution in [0.1, 0.15) is 40.5 Å². The van der Waals surface area contributed by atoms with Gasteiger partial charge in [0.25, 0.3) is 0 Å². The molecule has 2 saturated heterocycles. The van der Waals surface area contributed by atoms with Gasteiger partial charge in [-0.2, -0.15) is 0 Å². The number of rotatable bonds is 5. The quantitative estimate of drug-likeness (QED) is 0.497. The van der Waals surface area contributed by atoms with Gasteiger partial charge in [0.2, 0.25) is 11.8 Å². The molecule has 2 aliphatic heterocycles. The van der Waals surface area contributed by atoms with E-state index in [2.05, 4.69) is 34.1 Å². The van der Waals surface area contributed by atoms with E-state index in [0.717, 1.165) is 44.8 Å². The molecule has 5 aliphatic rings. The molecule has 37 heavy (non-hydrogen) atoms. The number of benzene rings is 3. The van der Waals surface area contributed by atoms with Crippen LogP contribution in [-0.4, -0.2) is 60.9 Å². The first-order valence-corrected chi connectivity index (χ1v) is 13.4. The topological polar surface area (TPSA) is 43.9 Å². The zero-order valence-electron chi connectivity index (χ0n) is 20.7. The summed E-state index contributed by atoms with van der Waals surface area (Å²) in [4.78, 5) is 33.7. The van der Waals surface area contributed by atoms with Gasteiger partial charge in [0.15, 0.2) is 0 Å². The fraction of sp³-hybridized carbons (Fsp3) is 0.355. The number of amides is 2. The van der Waals surface area contributed by atoms with E-state index in [4.69, 9.17) is 0 Å². The molecule has 3 aromatic carbocycles. The van der Waals surface area contributed by atoms with Crippen molar-refractivity contribution in [3.8, 4) is 0 Å². The Bertz CT molecular complexity index is 1250. The van der Waals surface area contributed by atoms with E-state index in [-0.39, 0.29) is 41.3 Å². The number of anilines is 1. The predicted octanol–water partition coefficient (Wildman–Crippen LogP) is 4.23. The molecule has 2 unspecified atom stereocenters. The SMILES string of the molecule is O=C1C2C3c4ccccc4C(c4ccccc43)C2C(=O)N1CCCN1CCN(c2ccc(F)cc2)CC1. The zero-order valence-corrected chi connectivity index (χ0v) is 20.7. The number of likely N-dealkylation sites (tertiary alicyclic amines) is 1. The maximum Gasteiger partial charge on any atom is 0.234 e. The second-order valence-corrected chi connectivity index (χ2v) is 10.8. The van der Waals surface area contributed by atoms with Gasteiger partial charge < -0.3 is 4.90 Å². The van der Waals surface area contributed by atoms with Crippen LogP contribution >= 0.6 is 0 Å². The van der Waals surface area contributed by atoms with Crippen molar-refractivity contribution >= 4 is 17.5 Å². The third kappa shape index (κ3) is 3.53. The Hall–Kier alpha value is -3.51. The summed E-state index contributed by atoms with van der Waals surface area (Å²) in [6, 6.07) is 23.4. The van der Waals surface area contributed by atoms with Crippen LogP contribution < -0.4 is 4.90 Å². The largest absolute Gasteiger partial charge is 0.369 e. The molecule has 2 bridgehead atoms. The summed E-state index contributed by atoms with van der Waals surface area (Å²) in [6.45, 7) is 4.94. The van der Waals surface area contributed by atoms with Gasteiger partial charge in [0.05, 0.1) is 11.8 Å². The Morgan fingerprint density at radius 3 is 1.62 bits per heavy atom. The molecule has 0 aromatic heterocycles. The van der Waals surface area contributed by atoms with Gasteiger partial charge in [0, 0.05) is 50.2 Å². The van der Waals surface area contributed by atoms with Crippen LogP contribution in [0.5, 0.6) is 0 Å². The Morgan fingerprint density at radius 2 is 1.14 bits per heavy atom. The Kier molecular flexibility index (Phi) is 5.39. The third-order valence-electron chi connectivity index (χ3n) is 8.96. The van der Waals surface area contributed by atoms with E-state index in [1.54, 1.807) is 4.90 Å². The lowest BCUT2D eigenvalue weighted by Crippen LogP contribution is -2.47. The highest BCUT2D eigenvalue weighted by Crippen LogP contribution is 2.60. The van der Waals surface area contributed by atoms with Crippen molar-refractivity contribution in [2.45, 2.75) is 18.3 Å². The first-order valence-electron chi connectivity index (χ1n) is 13.4. The van der Waals surface area contributed by atoms with Crippen LogP contribution in [0.15, 0.2) is 72.8 Å². The lowest BCUT2D eigenvalue weighted by Gasteiger charge is -2.45. The van der Waals surface area contributed by atoms with Crippen molar-refractivity contribution in [3.63, 3.8) is 0 Å². The molecule has 188 valence electrons. The van der Waals surface area contributed by atoms with Gasteiger partial charge in [-0.1, -0.05) is 48.5 Å². The van der Waals surface area contributed by atoms with Crippen LogP contribution in [0.4, 0.5) is 10.1 Å². The lowest BCUT2D eigenvalue weighted by atomic mass is 9.55. The van der Waals surface area contributed by atoms with E-state index in [1.165, 1.54) is 34.4 Å². The standard InChI is InChI=1S/C31H30FN3O2/c32-20-10-12-21(13-11-20)34-18-16-33(17-19-34)14-5-15-35-30(36)28-26-22-6-1-2-7-23(22)27(29(28)31(35)37)25-9-4-3-8-24(25)26/h1-4,6-13,26-29H,5,14-19H2. The highest BCUT2D eigenvalue weighted by Gasteiger charge is 2.61. The molecule has 6 heteroatoms. The van der Waals surface area contributed by atoms with E-state index < -0.39 is 0 Å². The van der Waals surface area contributed by atoms with E-state index in [1.807, 2.05) is 36.4 Å². The van der Waals surface area contributed by atoms with Crippen molar-refractivity contribution in [1.29, 1.82) is 0 Å². The van der Waals surface area contributed by atoms with Gasteiger partial charge in [0.1, 0.15) is 5.82 Å². The molecule has 2 atom stereocenters.